The van der Waals surface area contributed by atoms with Crippen molar-refractivity contribution < 1.29 is 19.4 Å². The molecule has 0 aliphatic carbocycles. The fourth-order valence-corrected chi connectivity index (χ4v) is 3.45. The molecule has 1 aliphatic heterocycles. The molecule has 3 aromatic rings. The highest BCUT2D eigenvalue weighted by Gasteiger charge is 2.16. The third-order valence-corrected chi connectivity index (χ3v) is 5.09. The summed E-state index contributed by atoms with van der Waals surface area (Å²) in [6, 6.07) is 15.8. The van der Waals surface area contributed by atoms with Gasteiger partial charge < -0.3 is 25.2 Å². The first-order chi connectivity index (χ1) is 15.7. The summed E-state index contributed by atoms with van der Waals surface area (Å²) in [4.78, 5) is 20.2. The van der Waals surface area contributed by atoms with Crippen molar-refractivity contribution in [1.82, 2.24) is 9.97 Å². The van der Waals surface area contributed by atoms with Crippen LogP contribution in [-0.4, -0.2) is 40.8 Å². The van der Waals surface area contributed by atoms with Crippen LogP contribution in [0.15, 0.2) is 54.7 Å². The monoisotopic (exact) mass is 434 g/mol. The molecular weight excluding hydrogens is 408 g/mol. The standard InChI is InChI=1S/C24H26N4O4/c29-23(30)19-16-26-24(25-12-6-2-5-9-17-7-3-1-4-8-17)28-22(19)27-18-10-11-20-21(15-18)32-14-13-31-20/h1,3-4,7-8,10-11,15-16H,2,5-6,9,12-14H2,(H,29,30)(H2,25,26,27,28). The minimum absolute atomic E-state index is 0.00620. The molecule has 0 bridgehead atoms. The Bertz CT molecular complexity index is 1060. The summed E-state index contributed by atoms with van der Waals surface area (Å²) < 4.78 is 11.1. The lowest BCUT2D eigenvalue weighted by Crippen LogP contribution is -2.15. The van der Waals surface area contributed by atoms with Gasteiger partial charge in [-0.3, -0.25) is 0 Å². The lowest BCUT2D eigenvalue weighted by atomic mass is 10.1. The van der Waals surface area contributed by atoms with E-state index >= 15 is 0 Å². The van der Waals surface area contributed by atoms with Crippen LogP contribution < -0.4 is 20.1 Å². The molecule has 8 heteroatoms. The van der Waals surface area contributed by atoms with Gasteiger partial charge in [-0.25, -0.2) is 9.78 Å². The van der Waals surface area contributed by atoms with E-state index in [1.54, 1.807) is 18.2 Å². The van der Waals surface area contributed by atoms with Gasteiger partial charge in [-0.1, -0.05) is 36.8 Å². The van der Waals surface area contributed by atoms with Crippen molar-refractivity contribution in [3.05, 3.63) is 65.9 Å². The smallest absolute Gasteiger partial charge is 0.341 e. The second-order valence-corrected chi connectivity index (χ2v) is 7.47. The molecule has 0 spiro atoms. The number of rotatable bonds is 10. The largest absolute Gasteiger partial charge is 0.486 e. The number of fused-ring (bicyclic) bond motifs is 1. The highest BCUT2D eigenvalue weighted by Crippen LogP contribution is 2.33. The van der Waals surface area contributed by atoms with E-state index in [9.17, 15) is 9.90 Å². The SMILES string of the molecule is O=C(O)c1cnc(NCCCCCc2ccccc2)nc1Nc1ccc2c(c1)OCCO2. The second-order valence-electron chi connectivity index (χ2n) is 7.47. The van der Waals surface area contributed by atoms with Crippen LogP contribution in [-0.2, 0) is 6.42 Å². The van der Waals surface area contributed by atoms with E-state index in [1.165, 1.54) is 11.8 Å². The minimum Gasteiger partial charge on any atom is -0.486 e. The summed E-state index contributed by atoms with van der Waals surface area (Å²) in [7, 11) is 0. The summed E-state index contributed by atoms with van der Waals surface area (Å²) >= 11 is 0. The second kappa shape index (κ2) is 10.5. The van der Waals surface area contributed by atoms with Crippen molar-refractivity contribution in [2.45, 2.75) is 25.7 Å². The van der Waals surface area contributed by atoms with Gasteiger partial charge in [-0.05, 0) is 37.0 Å². The maximum Gasteiger partial charge on any atom is 0.341 e. The zero-order valence-electron chi connectivity index (χ0n) is 17.7. The third kappa shape index (κ3) is 5.66. The minimum atomic E-state index is -1.10. The molecule has 0 unspecified atom stereocenters. The Morgan fingerprint density at radius 2 is 1.81 bits per heavy atom. The predicted molar refractivity (Wildman–Crippen MR) is 122 cm³/mol. The van der Waals surface area contributed by atoms with Crippen LogP contribution in [0.3, 0.4) is 0 Å². The number of carboxylic acids is 1. The van der Waals surface area contributed by atoms with Gasteiger partial charge in [0, 0.05) is 24.5 Å². The molecule has 8 nitrogen and oxygen atoms in total. The number of nitrogens with zero attached hydrogens (tertiary/aromatic N) is 2. The molecule has 166 valence electrons. The summed E-state index contributed by atoms with van der Waals surface area (Å²) in [5, 5.41) is 15.8. The van der Waals surface area contributed by atoms with E-state index in [-0.39, 0.29) is 11.4 Å². The number of anilines is 3. The van der Waals surface area contributed by atoms with Crippen molar-refractivity contribution in [3.63, 3.8) is 0 Å². The summed E-state index contributed by atoms with van der Waals surface area (Å²) in [6.45, 7) is 1.70. The summed E-state index contributed by atoms with van der Waals surface area (Å²) in [6.07, 6.45) is 5.54. The molecule has 2 heterocycles. The predicted octanol–water partition coefficient (Wildman–Crippen LogP) is 4.51. The first-order valence-electron chi connectivity index (χ1n) is 10.7. The molecule has 3 N–H and O–H groups in total. The van der Waals surface area contributed by atoms with Crippen LogP contribution >= 0.6 is 0 Å². The summed E-state index contributed by atoms with van der Waals surface area (Å²) in [5.74, 6) is 0.782. The van der Waals surface area contributed by atoms with Crippen LogP contribution in [0.1, 0.15) is 35.2 Å². The van der Waals surface area contributed by atoms with Crippen LogP contribution in [0.25, 0.3) is 0 Å². The number of hydrogen-bond donors (Lipinski definition) is 3. The van der Waals surface area contributed by atoms with Crippen LogP contribution in [0.5, 0.6) is 11.5 Å². The van der Waals surface area contributed by atoms with Crippen molar-refractivity contribution in [2.75, 3.05) is 30.4 Å². The van der Waals surface area contributed by atoms with Crippen LogP contribution in [0.2, 0.25) is 0 Å². The van der Waals surface area contributed by atoms with Crippen LogP contribution in [0, 0.1) is 0 Å². The number of hydrogen-bond acceptors (Lipinski definition) is 7. The Labute approximate surface area is 186 Å². The van der Waals surface area contributed by atoms with Gasteiger partial charge >= 0.3 is 5.97 Å². The number of benzene rings is 2. The van der Waals surface area contributed by atoms with Crippen molar-refractivity contribution >= 4 is 23.4 Å². The molecule has 2 aromatic carbocycles. The Balaban J connectivity index is 1.34. The van der Waals surface area contributed by atoms with Gasteiger partial charge in [-0.15, -0.1) is 0 Å². The normalized spacial score (nSPS) is 12.2. The molecule has 0 amide bonds. The molecule has 0 saturated heterocycles. The van der Waals surface area contributed by atoms with E-state index in [0.29, 0.717) is 42.9 Å². The molecule has 4 rings (SSSR count). The Kier molecular flexibility index (Phi) is 7.01. The van der Waals surface area contributed by atoms with Gasteiger partial charge in [0.2, 0.25) is 5.95 Å². The highest BCUT2D eigenvalue weighted by molar-refractivity contribution is 5.93. The molecular formula is C24H26N4O4. The maximum atomic E-state index is 11.6. The zero-order valence-corrected chi connectivity index (χ0v) is 17.7. The summed E-state index contributed by atoms with van der Waals surface area (Å²) in [5.41, 5.74) is 2.00. The quantitative estimate of drug-likeness (QED) is 0.400. The number of aromatic carboxylic acids is 1. The average molecular weight is 434 g/mol. The first-order valence-corrected chi connectivity index (χ1v) is 10.7. The molecule has 32 heavy (non-hydrogen) atoms. The number of ether oxygens (including phenoxy) is 2. The van der Waals surface area contributed by atoms with Gasteiger partial charge in [0.15, 0.2) is 17.3 Å². The topological polar surface area (TPSA) is 106 Å². The average Bonchev–Trinajstić information content (AvgIpc) is 2.82. The molecule has 1 aliphatic rings. The Morgan fingerprint density at radius 3 is 2.62 bits per heavy atom. The molecule has 0 fully saturated rings. The number of unbranched alkanes of at least 4 members (excludes halogenated alkanes) is 2. The van der Waals surface area contributed by atoms with Crippen molar-refractivity contribution in [2.24, 2.45) is 0 Å². The fourth-order valence-electron chi connectivity index (χ4n) is 3.45. The van der Waals surface area contributed by atoms with Gasteiger partial charge in [0.05, 0.1) is 0 Å². The highest BCUT2D eigenvalue weighted by atomic mass is 16.6. The number of carboxylic acid groups (broad SMARTS) is 1. The Morgan fingerprint density at radius 1 is 1.00 bits per heavy atom. The maximum absolute atomic E-state index is 11.6. The molecule has 1 aromatic heterocycles. The zero-order chi connectivity index (χ0) is 22.2. The lowest BCUT2D eigenvalue weighted by Gasteiger charge is -2.19. The number of nitrogens with one attached hydrogen (secondary N) is 2. The molecule has 0 atom stereocenters. The Hall–Kier alpha value is -3.81. The first kappa shape index (κ1) is 21.4. The van der Waals surface area contributed by atoms with E-state index in [0.717, 1.165) is 25.7 Å². The van der Waals surface area contributed by atoms with E-state index < -0.39 is 5.97 Å². The van der Waals surface area contributed by atoms with Gasteiger partial charge in [0.1, 0.15) is 18.8 Å². The van der Waals surface area contributed by atoms with Gasteiger partial charge in [0.25, 0.3) is 0 Å². The number of aromatic nitrogens is 2. The lowest BCUT2D eigenvalue weighted by molar-refractivity contribution is 0.0697. The molecule has 0 saturated carbocycles. The van der Waals surface area contributed by atoms with Crippen LogP contribution in [0.4, 0.5) is 17.5 Å². The van der Waals surface area contributed by atoms with E-state index in [4.69, 9.17) is 9.47 Å². The van der Waals surface area contributed by atoms with Crippen molar-refractivity contribution in [1.29, 1.82) is 0 Å². The molecule has 0 radical (unpaired) electrons. The van der Waals surface area contributed by atoms with Gasteiger partial charge in [-0.2, -0.15) is 4.98 Å². The van der Waals surface area contributed by atoms with E-state index in [1.807, 2.05) is 6.07 Å². The van der Waals surface area contributed by atoms with Crippen molar-refractivity contribution in [3.8, 4) is 11.5 Å². The fraction of sp³-hybridized carbons (Fsp3) is 0.292. The third-order valence-electron chi connectivity index (χ3n) is 5.09. The van der Waals surface area contributed by atoms with E-state index in [2.05, 4.69) is 44.9 Å². The number of aryl methyl sites for hydroxylation is 1. The number of carbonyl (C=O) groups is 1.